The third-order valence-electron chi connectivity index (χ3n) is 5.10. The minimum absolute atomic E-state index is 0.0562. The van der Waals surface area contributed by atoms with Crippen LogP contribution in [0.25, 0.3) is 22.3 Å². The lowest BCUT2D eigenvalue weighted by molar-refractivity contribution is -0.165. The van der Waals surface area contributed by atoms with Gasteiger partial charge in [-0.3, -0.25) is 0 Å². The molecule has 14 heteroatoms. The Hall–Kier alpha value is -2.74. The average molecular weight is 482 g/mol. The molecule has 0 amide bonds. The van der Waals surface area contributed by atoms with Gasteiger partial charge in [0.15, 0.2) is 5.82 Å². The summed E-state index contributed by atoms with van der Waals surface area (Å²) in [5.41, 5.74) is -2.77. The molecule has 1 saturated heterocycles. The summed E-state index contributed by atoms with van der Waals surface area (Å²) in [5, 5.41) is -1.39. The summed E-state index contributed by atoms with van der Waals surface area (Å²) in [7, 11) is -4.83. The average Bonchev–Trinajstić information content (AvgIpc) is 3.36. The molecule has 172 valence electrons. The first-order valence-electron chi connectivity index (χ1n) is 9.10. The fraction of sp³-hybridized carbons (Fsp3) is 0.333. The number of alkyl halides is 6. The highest BCUT2D eigenvalue weighted by Gasteiger charge is 2.51. The van der Waals surface area contributed by atoms with Crippen LogP contribution in [0.4, 0.5) is 30.7 Å². The summed E-state index contributed by atoms with van der Waals surface area (Å²) >= 11 is 0. The van der Waals surface area contributed by atoms with Gasteiger partial charge in [-0.1, -0.05) is 0 Å². The van der Waals surface area contributed by atoms with Gasteiger partial charge in [0.1, 0.15) is 16.9 Å². The standard InChI is InChI=1S/C18H13F7N4O2S/c19-11-8-10(17(20,21)22)14(16-26-4-2-5-27-16)9-7-13(28-15(9)11)32(30,31)29-6-1-3-12(29)18(23,24)25/h2,4-5,7-8,12,28H,1,3,6H2/t12-/m0/s1. The number of nitrogens with zero attached hydrogens (tertiary/aromatic N) is 3. The van der Waals surface area contributed by atoms with Crippen molar-refractivity contribution >= 4 is 20.9 Å². The van der Waals surface area contributed by atoms with Gasteiger partial charge in [-0.05, 0) is 31.0 Å². The van der Waals surface area contributed by atoms with Gasteiger partial charge >= 0.3 is 12.4 Å². The zero-order valence-electron chi connectivity index (χ0n) is 15.8. The van der Waals surface area contributed by atoms with Crippen molar-refractivity contribution < 1.29 is 39.2 Å². The van der Waals surface area contributed by atoms with Gasteiger partial charge in [0.2, 0.25) is 0 Å². The first-order valence-corrected chi connectivity index (χ1v) is 10.5. The molecule has 4 rings (SSSR count). The molecular weight excluding hydrogens is 469 g/mol. The second kappa shape index (κ2) is 7.40. The van der Waals surface area contributed by atoms with E-state index >= 15 is 0 Å². The summed E-state index contributed by atoms with van der Waals surface area (Å²) in [6, 6.07) is -0.114. The van der Waals surface area contributed by atoms with Crippen LogP contribution < -0.4 is 0 Å². The van der Waals surface area contributed by atoms with Gasteiger partial charge in [0.05, 0.1) is 11.1 Å². The lowest BCUT2D eigenvalue weighted by atomic mass is 10.0. The number of hydrogen-bond acceptors (Lipinski definition) is 4. The number of benzene rings is 1. The Bertz CT molecular complexity index is 1270. The van der Waals surface area contributed by atoms with Crippen LogP contribution in [0.2, 0.25) is 0 Å². The number of nitrogens with one attached hydrogen (secondary N) is 1. The maximum atomic E-state index is 14.6. The highest BCUT2D eigenvalue weighted by atomic mass is 32.2. The van der Waals surface area contributed by atoms with E-state index in [1.807, 2.05) is 0 Å². The second-order valence-corrected chi connectivity index (χ2v) is 8.95. The second-order valence-electron chi connectivity index (χ2n) is 7.09. The molecule has 1 aromatic carbocycles. The molecule has 1 N–H and O–H groups in total. The highest BCUT2D eigenvalue weighted by molar-refractivity contribution is 7.89. The van der Waals surface area contributed by atoms with Crippen LogP contribution >= 0.6 is 0 Å². The van der Waals surface area contributed by atoms with Gasteiger partial charge < -0.3 is 4.98 Å². The first kappa shape index (κ1) is 22.5. The Labute approximate surface area is 176 Å². The minimum Gasteiger partial charge on any atom is -0.342 e. The van der Waals surface area contributed by atoms with Crippen LogP contribution in [-0.2, 0) is 16.2 Å². The summed E-state index contributed by atoms with van der Waals surface area (Å²) in [4.78, 5) is 9.63. The summed E-state index contributed by atoms with van der Waals surface area (Å²) in [6.45, 7) is -0.438. The molecule has 0 unspecified atom stereocenters. The predicted octanol–water partition coefficient (Wildman–Crippen LogP) is 4.50. The van der Waals surface area contributed by atoms with Crippen molar-refractivity contribution in [2.24, 2.45) is 0 Å². The molecule has 0 radical (unpaired) electrons. The van der Waals surface area contributed by atoms with E-state index in [2.05, 4.69) is 15.0 Å². The van der Waals surface area contributed by atoms with E-state index in [1.165, 1.54) is 6.07 Å². The topological polar surface area (TPSA) is 79.0 Å². The maximum Gasteiger partial charge on any atom is 0.417 e. The third kappa shape index (κ3) is 3.70. The number of halogens is 7. The quantitative estimate of drug-likeness (QED) is 0.558. The number of H-pyrrole nitrogens is 1. The largest absolute Gasteiger partial charge is 0.417 e. The van der Waals surface area contributed by atoms with Crippen molar-refractivity contribution in [2.45, 2.75) is 36.3 Å². The number of aromatic amines is 1. The summed E-state index contributed by atoms with van der Waals surface area (Å²) < 4.78 is 121. The smallest absolute Gasteiger partial charge is 0.342 e. The number of rotatable bonds is 3. The molecule has 1 atom stereocenters. The molecule has 6 nitrogen and oxygen atoms in total. The molecule has 1 aliphatic rings. The molecule has 1 fully saturated rings. The van der Waals surface area contributed by atoms with Crippen molar-refractivity contribution in [3.8, 4) is 11.4 Å². The van der Waals surface area contributed by atoms with Crippen LogP contribution in [0.3, 0.4) is 0 Å². The van der Waals surface area contributed by atoms with E-state index < -0.39 is 80.1 Å². The van der Waals surface area contributed by atoms with E-state index in [9.17, 15) is 39.2 Å². The number of hydrogen-bond donors (Lipinski definition) is 1. The minimum atomic E-state index is -5.05. The van der Waals surface area contributed by atoms with Gasteiger partial charge in [-0.25, -0.2) is 22.8 Å². The van der Waals surface area contributed by atoms with Crippen LogP contribution in [0, 0.1) is 5.82 Å². The molecule has 0 bridgehead atoms. The molecular formula is C18H13F7N4O2S. The molecule has 3 aromatic rings. The van der Waals surface area contributed by atoms with E-state index in [1.54, 1.807) is 0 Å². The van der Waals surface area contributed by atoms with Crippen molar-refractivity contribution in [3.63, 3.8) is 0 Å². The van der Waals surface area contributed by atoms with Crippen molar-refractivity contribution in [3.05, 3.63) is 42.0 Å². The van der Waals surface area contributed by atoms with Gasteiger partial charge in [0.25, 0.3) is 10.0 Å². The molecule has 0 spiro atoms. The lowest BCUT2D eigenvalue weighted by Gasteiger charge is -2.25. The zero-order chi connectivity index (χ0) is 23.5. The van der Waals surface area contributed by atoms with E-state index in [0.717, 1.165) is 12.4 Å². The van der Waals surface area contributed by atoms with Crippen molar-refractivity contribution in [2.75, 3.05) is 6.54 Å². The van der Waals surface area contributed by atoms with Crippen LogP contribution in [0.1, 0.15) is 18.4 Å². The van der Waals surface area contributed by atoms with Crippen molar-refractivity contribution in [1.82, 2.24) is 19.3 Å². The molecule has 3 heterocycles. The number of aromatic nitrogens is 3. The molecule has 2 aromatic heterocycles. The number of fused-ring (bicyclic) bond motifs is 1. The molecule has 32 heavy (non-hydrogen) atoms. The zero-order valence-corrected chi connectivity index (χ0v) is 16.6. The van der Waals surface area contributed by atoms with E-state index in [4.69, 9.17) is 0 Å². The highest BCUT2D eigenvalue weighted by Crippen LogP contribution is 2.43. The van der Waals surface area contributed by atoms with Crippen LogP contribution in [0.5, 0.6) is 0 Å². The fourth-order valence-corrected chi connectivity index (χ4v) is 5.42. The Morgan fingerprint density at radius 3 is 2.31 bits per heavy atom. The Balaban J connectivity index is 1.96. The fourth-order valence-electron chi connectivity index (χ4n) is 3.74. The molecule has 1 aliphatic heterocycles. The maximum absolute atomic E-state index is 14.6. The summed E-state index contributed by atoms with van der Waals surface area (Å²) in [5.74, 6) is -1.88. The first-order chi connectivity index (χ1) is 14.8. The lowest BCUT2D eigenvalue weighted by Crippen LogP contribution is -2.44. The Kier molecular flexibility index (Phi) is 5.19. The third-order valence-corrected chi connectivity index (χ3v) is 6.93. The van der Waals surface area contributed by atoms with Gasteiger partial charge in [0, 0.05) is 29.9 Å². The normalized spacial score (nSPS) is 18.5. The monoisotopic (exact) mass is 482 g/mol. The van der Waals surface area contributed by atoms with Crippen LogP contribution in [0.15, 0.2) is 35.6 Å². The van der Waals surface area contributed by atoms with Gasteiger partial charge in [-0.15, -0.1) is 0 Å². The number of sulfonamides is 1. The molecule has 0 saturated carbocycles. The molecule has 0 aliphatic carbocycles. The van der Waals surface area contributed by atoms with E-state index in [-0.39, 0.29) is 16.8 Å². The predicted molar refractivity (Wildman–Crippen MR) is 97.3 cm³/mol. The van der Waals surface area contributed by atoms with Crippen LogP contribution in [-0.4, -0.2) is 46.4 Å². The Morgan fingerprint density at radius 2 is 1.72 bits per heavy atom. The van der Waals surface area contributed by atoms with E-state index in [0.29, 0.717) is 6.07 Å². The summed E-state index contributed by atoms with van der Waals surface area (Å²) in [6.07, 6.45) is -8.12. The van der Waals surface area contributed by atoms with Crippen molar-refractivity contribution in [1.29, 1.82) is 0 Å². The SMILES string of the molecule is O=S(=O)(c1cc2c(-c3ncccn3)c(C(F)(F)F)cc(F)c2[nH]1)N1CCC[C@H]1C(F)(F)F. The van der Waals surface area contributed by atoms with Gasteiger partial charge in [-0.2, -0.15) is 30.6 Å². The Morgan fingerprint density at radius 1 is 1.06 bits per heavy atom.